The van der Waals surface area contributed by atoms with E-state index in [1.165, 1.54) is 0 Å². The van der Waals surface area contributed by atoms with Crippen molar-refractivity contribution in [2.75, 3.05) is 0 Å². The molecule has 88 valence electrons. The second kappa shape index (κ2) is 4.59. The predicted molar refractivity (Wildman–Crippen MR) is 64.7 cm³/mol. The monoisotopic (exact) mass is 250 g/mol. The average molecular weight is 251 g/mol. The van der Waals surface area contributed by atoms with Gasteiger partial charge in [-0.15, -0.1) is 0 Å². The topological polar surface area (TPSA) is 55.1 Å². The molecule has 0 aliphatic heterocycles. The molecule has 1 aromatic heterocycles. The van der Waals surface area contributed by atoms with E-state index in [0.29, 0.717) is 10.6 Å². The van der Waals surface area contributed by atoms with Gasteiger partial charge in [0, 0.05) is 12.4 Å². The molecule has 17 heavy (non-hydrogen) atoms. The van der Waals surface area contributed by atoms with Crippen LogP contribution in [0.3, 0.4) is 0 Å². The Morgan fingerprint density at radius 3 is 2.82 bits per heavy atom. The molecule has 0 aliphatic carbocycles. The highest BCUT2D eigenvalue weighted by Gasteiger charge is 2.08. The quantitative estimate of drug-likeness (QED) is 0.910. The van der Waals surface area contributed by atoms with Crippen molar-refractivity contribution in [3.63, 3.8) is 0 Å². The minimum Gasteiger partial charge on any atom is -0.481 e. The number of benzene rings is 1. The van der Waals surface area contributed by atoms with E-state index in [4.69, 9.17) is 16.7 Å². The molecule has 0 fully saturated rings. The Kier molecular flexibility index (Phi) is 3.15. The molecule has 0 spiro atoms. The van der Waals surface area contributed by atoms with Gasteiger partial charge in [-0.05, 0) is 24.6 Å². The van der Waals surface area contributed by atoms with Gasteiger partial charge in [0.05, 0.1) is 17.1 Å². The number of imidazole rings is 1. The molecule has 0 saturated heterocycles. The van der Waals surface area contributed by atoms with Gasteiger partial charge >= 0.3 is 5.97 Å². The van der Waals surface area contributed by atoms with Crippen LogP contribution in [-0.2, 0) is 11.2 Å². The first-order valence-electron chi connectivity index (χ1n) is 5.08. The molecule has 0 aliphatic rings. The molecule has 2 aromatic rings. The molecule has 0 bridgehead atoms. The summed E-state index contributed by atoms with van der Waals surface area (Å²) in [7, 11) is 0. The normalized spacial score (nSPS) is 10.5. The van der Waals surface area contributed by atoms with Crippen molar-refractivity contribution in [2.24, 2.45) is 0 Å². The minimum absolute atomic E-state index is 0.0249. The number of hydrogen-bond donors (Lipinski definition) is 1. The highest BCUT2D eigenvalue weighted by molar-refractivity contribution is 6.32. The summed E-state index contributed by atoms with van der Waals surface area (Å²) in [4.78, 5) is 14.7. The summed E-state index contributed by atoms with van der Waals surface area (Å²) >= 11 is 6.13. The first-order chi connectivity index (χ1) is 8.08. The van der Waals surface area contributed by atoms with E-state index >= 15 is 0 Å². The van der Waals surface area contributed by atoms with Crippen LogP contribution in [0, 0.1) is 6.92 Å². The third kappa shape index (κ3) is 2.47. The van der Waals surface area contributed by atoms with Crippen molar-refractivity contribution >= 4 is 17.6 Å². The lowest BCUT2D eigenvalue weighted by atomic mass is 10.1. The van der Waals surface area contributed by atoms with Gasteiger partial charge in [-0.2, -0.15) is 0 Å². The minimum atomic E-state index is -0.868. The fourth-order valence-electron chi connectivity index (χ4n) is 1.66. The van der Waals surface area contributed by atoms with Crippen molar-refractivity contribution in [1.29, 1.82) is 0 Å². The van der Waals surface area contributed by atoms with Crippen LogP contribution in [0.5, 0.6) is 0 Å². The Hall–Kier alpha value is -1.81. The van der Waals surface area contributed by atoms with Gasteiger partial charge in [-0.3, -0.25) is 4.79 Å². The number of carbonyl (C=O) groups is 1. The Morgan fingerprint density at radius 1 is 1.53 bits per heavy atom. The number of aromatic nitrogens is 2. The molecular formula is C12H11ClN2O2. The van der Waals surface area contributed by atoms with Crippen LogP contribution in [0.25, 0.3) is 5.69 Å². The lowest BCUT2D eigenvalue weighted by Gasteiger charge is -2.08. The number of aliphatic carboxylic acids is 1. The molecule has 1 N–H and O–H groups in total. The Morgan fingerprint density at radius 2 is 2.29 bits per heavy atom. The Labute approximate surface area is 103 Å². The van der Waals surface area contributed by atoms with Crippen molar-refractivity contribution in [2.45, 2.75) is 13.3 Å². The zero-order valence-corrected chi connectivity index (χ0v) is 9.98. The molecule has 1 aromatic carbocycles. The Bertz CT molecular complexity index is 563. The maximum Gasteiger partial charge on any atom is 0.307 e. The highest BCUT2D eigenvalue weighted by Crippen LogP contribution is 2.23. The van der Waals surface area contributed by atoms with Crippen LogP contribution >= 0.6 is 11.6 Å². The van der Waals surface area contributed by atoms with E-state index in [-0.39, 0.29) is 6.42 Å². The van der Waals surface area contributed by atoms with Crippen molar-refractivity contribution < 1.29 is 9.90 Å². The van der Waals surface area contributed by atoms with Crippen LogP contribution in [-0.4, -0.2) is 20.6 Å². The van der Waals surface area contributed by atoms with Gasteiger partial charge < -0.3 is 9.67 Å². The van der Waals surface area contributed by atoms with E-state index in [9.17, 15) is 4.79 Å². The average Bonchev–Trinajstić information content (AvgIpc) is 2.64. The van der Waals surface area contributed by atoms with Crippen molar-refractivity contribution in [3.8, 4) is 5.69 Å². The summed E-state index contributed by atoms with van der Waals surface area (Å²) < 4.78 is 1.85. The van der Waals surface area contributed by atoms with Crippen LogP contribution in [0.1, 0.15) is 11.4 Å². The summed E-state index contributed by atoms with van der Waals surface area (Å²) in [6.07, 6.45) is 3.48. The molecule has 0 radical (unpaired) electrons. The SMILES string of the molecule is Cc1nccn1-c1ccc(CC(=O)O)cc1Cl. The van der Waals surface area contributed by atoms with Crippen LogP contribution in [0.15, 0.2) is 30.6 Å². The molecule has 5 heteroatoms. The van der Waals surface area contributed by atoms with E-state index in [2.05, 4.69) is 4.98 Å². The number of nitrogens with zero attached hydrogens (tertiary/aromatic N) is 2. The zero-order valence-electron chi connectivity index (χ0n) is 9.22. The standard InChI is InChI=1S/C12H11ClN2O2/c1-8-14-4-5-15(8)11-3-2-9(6-10(11)13)7-12(16)17/h2-6H,7H2,1H3,(H,16,17). The third-order valence-corrected chi connectivity index (χ3v) is 2.76. The van der Waals surface area contributed by atoms with Gasteiger partial charge in [-0.1, -0.05) is 17.7 Å². The number of hydrogen-bond acceptors (Lipinski definition) is 2. The molecule has 0 unspecified atom stereocenters. The smallest absolute Gasteiger partial charge is 0.307 e. The first-order valence-corrected chi connectivity index (χ1v) is 5.46. The second-order valence-corrected chi connectivity index (χ2v) is 4.11. The van der Waals surface area contributed by atoms with Crippen molar-refractivity contribution in [1.82, 2.24) is 9.55 Å². The number of rotatable bonds is 3. The summed E-state index contributed by atoms with van der Waals surface area (Å²) in [6, 6.07) is 5.23. The summed E-state index contributed by atoms with van der Waals surface area (Å²) in [5.74, 6) is -0.0366. The Balaban J connectivity index is 2.39. The molecular weight excluding hydrogens is 240 g/mol. The fourth-order valence-corrected chi connectivity index (χ4v) is 1.96. The van der Waals surface area contributed by atoms with E-state index in [1.54, 1.807) is 24.4 Å². The predicted octanol–water partition coefficient (Wildman–Crippen LogP) is 2.46. The van der Waals surface area contributed by atoms with E-state index in [0.717, 1.165) is 11.5 Å². The summed E-state index contributed by atoms with van der Waals surface area (Å²) in [6.45, 7) is 1.88. The molecule has 0 saturated carbocycles. The number of halogens is 1. The van der Waals surface area contributed by atoms with Gasteiger partial charge in [0.15, 0.2) is 0 Å². The van der Waals surface area contributed by atoms with Gasteiger partial charge in [-0.25, -0.2) is 4.98 Å². The molecule has 0 amide bonds. The van der Waals surface area contributed by atoms with E-state index < -0.39 is 5.97 Å². The van der Waals surface area contributed by atoms with Crippen LogP contribution in [0.4, 0.5) is 0 Å². The number of carboxylic acids is 1. The summed E-state index contributed by atoms with van der Waals surface area (Å²) in [5, 5.41) is 9.22. The molecule has 1 heterocycles. The molecule has 0 atom stereocenters. The van der Waals surface area contributed by atoms with Crippen LogP contribution < -0.4 is 0 Å². The summed E-state index contributed by atoms with van der Waals surface area (Å²) in [5.41, 5.74) is 1.49. The van der Waals surface area contributed by atoms with Gasteiger partial charge in [0.1, 0.15) is 5.82 Å². The van der Waals surface area contributed by atoms with Gasteiger partial charge in [0.2, 0.25) is 0 Å². The van der Waals surface area contributed by atoms with Crippen molar-refractivity contribution in [3.05, 3.63) is 47.0 Å². The maximum atomic E-state index is 10.6. The third-order valence-electron chi connectivity index (χ3n) is 2.45. The lowest BCUT2D eigenvalue weighted by Crippen LogP contribution is -2.02. The highest BCUT2D eigenvalue weighted by atomic mass is 35.5. The lowest BCUT2D eigenvalue weighted by molar-refractivity contribution is -0.136. The molecule has 4 nitrogen and oxygen atoms in total. The van der Waals surface area contributed by atoms with E-state index in [1.807, 2.05) is 17.7 Å². The number of aryl methyl sites for hydroxylation is 1. The fraction of sp³-hybridized carbons (Fsp3) is 0.167. The first kappa shape index (κ1) is 11.7. The molecule has 2 rings (SSSR count). The van der Waals surface area contributed by atoms with Crippen LogP contribution in [0.2, 0.25) is 5.02 Å². The largest absolute Gasteiger partial charge is 0.481 e. The van der Waals surface area contributed by atoms with Gasteiger partial charge in [0.25, 0.3) is 0 Å². The number of carboxylic acid groups (broad SMARTS) is 1. The zero-order chi connectivity index (χ0) is 12.4. The second-order valence-electron chi connectivity index (χ2n) is 3.70. The maximum absolute atomic E-state index is 10.6.